The topological polar surface area (TPSA) is 89.0 Å². The third-order valence-corrected chi connectivity index (χ3v) is 3.55. The van der Waals surface area contributed by atoms with Crippen LogP contribution in [0.2, 0.25) is 0 Å². The van der Waals surface area contributed by atoms with Gasteiger partial charge >= 0.3 is 0 Å². The average molecular weight is 331 g/mol. The van der Waals surface area contributed by atoms with Gasteiger partial charge in [-0.05, 0) is 29.8 Å². The van der Waals surface area contributed by atoms with Gasteiger partial charge in [-0.2, -0.15) is 5.26 Å². The molecular weight excluding hydrogens is 318 g/mol. The van der Waals surface area contributed by atoms with Crippen LogP contribution < -0.4 is 4.74 Å². The van der Waals surface area contributed by atoms with Gasteiger partial charge in [0.2, 0.25) is 0 Å². The summed E-state index contributed by atoms with van der Waals surface area (Å²) < 4.78 is 5.20. The van der Waals surface area contributed by atoms with E-state index in [1.807, 2.05) is 36.4 Å². The number of benzene rings is 2. The average Bonchev–Trinajstić information content (AvgIpc) is 2.64. The Morgan fingerprint density at radius 2 is 1.92 bits per heavy atom. The van der Waals surface area contributed by atoms with Gasteiger partial charge in [-0.1, -0.05) is 36.4 Å². The Morgan fingerprint density at radius 1 is 1.12 bits per heavy atom. The standard InChI is InChI=1S/C19H13N3O3/c20-12-13-25-17-10-5-14(6-11-17)4-8-16-9-7-15-2-1-3-18(22(23)24)19(15)21-16/h1-11H,13H2/b8-4+. The summed E-state index contributed by atoms with van der Waals surface area (Å²) in [6.07, 6.45) is 3.65. The molecule has 122 valence electrons. The van der Waals surface area contributed by atoms with Crippen LogP contribution in [0.1, 0.15) is 11.3 Å². The van der Waals surface area contributed by atoms with E-state index in [0.29, 0.717) is 17.0 Å². The molecule has 6 heteroatoms. The molecule has 3 aromatic rings. The van der Waals surface area contributed by atoms with Gasteiger partial charge in [0.15, 0.2) is 6.61 Å². The number of fused-ring (bicyclic) bond motifs is 1. The van der Waals surface area contributed by atoms with Crippen LogP contribution in [0.5, 0.6) is 5.75 Å². The minimum atomic E-state index is -0.428. The number of nitro groups is 1. The van der Waals surface area contributed by atoms with E-state index >= 15 is 0 Å². The van der Waals surface area contributed by atoms with Crippen LogP contribution in [0.3, 0.4) is 0 Å². The zero-order chi connectivity index (χ0) is 17.6. The first kappa shape index (κ1) is 16.1. The summed E-state index contributed by atoms with van der Waals surface area (Å²) in [5.74, 6) is 0.623. The van der Waals surface area contributed by atoms with Crippen molar-refractivity contribution in [3.05, 3.63) is 76.0 Å². The SMILES string of the molecule is N#CCOc1ccc(/C=C/c2ccc3cccc([N+](=O)[O-])c3n2)cc1. The van der Waals surface area contributed by atoms with Crippen LogP contribution >= 0.6 is 0 Å². The highest BCUT2D eigenvalue weighted by molar-refractivity contribution is 5.88. The highest BCUT2D eigenvalue weighted by atomic mass is 16.6. The lowest BCUT2D eigenvalue weighted by atomic mass is 10.1. The van der Waals surface area contributed by atoms with Gasteiger partial charge in [-0.15, -0.1) is 0 Å². The van der Waals surface area contributed by atoms with E-state index in [4.69, 9.17) is 10.00 Å². The first-order valence-electron chi connectivity index (χ1n) is 7.49. The molecule has 0 bridgehead atoms. The number of nitrogens with zero attached hydrogens (tertiary/aromatic N) is 3. The van der Waals surface area contributed by atoms with E-state index in [2.05, 4.69) is 4.98 Å². The summed E-state index contributed by atoms with van der Waals surface area (Å²) in [6.45, 7) is 0.00890. The van der Waals surface area contributed by atoms with Crippen LogP contribution in [-0.4, -0.2) is 16.5 Å². The molecule has 0 aliphatic rings. The molecular formula is C19H13N3O3. The molecule has 0 fully saturated rings. The van der Waals surface area contributed by atoms with Gasteiger partial charge < -0.3 is 4.74 Å². The summed E-state index contributed by atoms with van der Waals surface area (Å²) in [6, 6.07) is 17.7. The maximum Gasteiger partial charge on any atom is 0.295 e. The smallest absolute Gasteiger partial charge is 0.295 e. The molecule has 0 atom stereocenters. The molecule has 0 spiro atoms. The molecule has 0 amide bonds. The number of pyridine rings is 1. The molecule has 0 aliphatic heterocycles. The number of ether oxygens (including phenoxy) is 1. The van der Waals surface area contributed by atoms with Crippen molar-refractivity contribution in [1.82, 2.24) is 4.98 Å². The van der Waals surface area contributed by atoms with E-state index in [9.17, 15) is 10.1 Å². The number of nitro benzene ring substituents is 1. The van der Waals surface area contributed by atoms with Crippen molar-refractivity contribution in [2.45, 2.75) is 0 Å². The second kappa shape index (κ2) is 7.23. The van der Waals surface area contributed by atoms with Crippen molar-refractivity contribution in [3.8, 4) is 11.8 Å². The van der Waals surface area contributed by atoms with Crippen molar-refractivity contribution in [2.75, 3.05) is 6.61 Å². The maximum atomic E-state index is 11.1. The van der Waals surface area contributed by atoms with Gasteiger partial charge in [0.1, 0.15) is 17.3 Å². The maximum absolute atomic E-state index is 11.1. The Labute approximate surface area is 143 Å². The lowest BCUT2D eigenvalue weighted by molar-refractivity contribution is -0.383. The predicted octanol–water partition coefficient (Wildman–Crippen LogP) is 4.22. The van der Waals surface area contributed by atoms with E-state index in [-0.39, 0.29) is 12.3 Å². The van der Waals surface area contributed by atoms with Crippen LogP contribution in [0.4, 0.5) is 5.69 Å². The Hall–Kier alpha value is -3.72. The lowest BCUT2D eigenvalue weighted by Crippen LogP contribution is -1.93. The number of rotatable bonds is 5. The fourth-order valence-electron chi connectivity index (χ4n) is 2.36. The molecule has 1 aromatic heterocycles. The van der Waals surface area contributed by atoms with Gasteiger partial charge in [-0.3, -0.25) is 10.1 Å². The molecule has 0 radical (unpaired) electrons. The van der Waals surface area contributed by atoms with E-state index in [0.717, 1.165) is 10.9 Å². The Morgan fingerprint density at radius 3 is 2.64 bits per heavy atom. The summed E-state index contributed by atoms with van der Waals surface area (Å²) in [7, 11) is 0. The molecule has 0 aliphatic carbocycles. The molecule has 6 nitrogen and oxygen atoms in total. The molecule has 0 saturated heterocycles. The zero-order valence-electron chi connectivity index (χ0n) is 13.1. The first-order chi connectivity index (χ1) is 12.2. The van der Waals surface area contributed by atoms with E-state index < -0.39 is 4.92 Å². The fraction of sp³-hybridized carbons (Fsp3) is 0.0526. The normalized spacial score (nSPS) is 10.7. The van der Waals surface area contributed by atoms with Crippen molar-refractivity contribution < 1.29 is 9.66 Å². The lowest BCUT2D eigenvalue weighted by Gasteiger charge is -2.02. The fourth-order valence-corrected chi connectivity index (χ4v) is 2.36. The Balaban J connectivity index is 1.85. The third-order valence-electron chi connectivity index (χ3n) is 3.55. The van der Waals surface area contributed by atoms with Gasteiger partial charge in [0.05, 0.1) is 10.6 Å². The van der Waals surface area contributed by atoms with Gasteiger partial charge in [0.25, 0.3) is 5.69 Å². The minimum absolute atomic E-state index is 0.00764. The molecule has 0 saturated carbocycles. The molecule has 0 N–H and O–H groups in total. The van der Waals surface area contributed by atoms with Crippen LogP contribution in [-0.2, 0) is 0 Å². The zero-order valence-corrected chi connectivity index (χ0v) is 13.1. The molecule has 25 heavy (non-hydrogen) atoms. The molecule has 1 heterocycles. The number of nitriles is 1. The predicted molar refractivity (Wildman–Crippen MR) is 94.9 cm³/mol. The number of hydrogen-bond acceptors (Lipinski definition) is 5. The Bertz CT molecular complexity index is 989. The first-order valence-corrected chi connectivity index (χ1v) is 7.49. The molecule has 0 unspecified atom stereocenters. The van der Waals surface area contributed by atoms with Gasteiger partial charge in [-0.25, -0.2) is 4.98 Å². The largest absolute Gasteiger partial charge is 0.479 e. The summed E-state index contributed by atoms with van der Waals surface area (Å²) in [5, 5.41) is 20.3. The highest BCUT2D eigenvalue weighted by Gasteiger charge is 2.12. The summed E-state index contributed by atoms with van der Waals surface area (Å²) >= 11 is 0. The van der Waals surface area contributed by atoms with Gasteiger partial charge in [0, 0.05) is 11.5 Å². The van der Waals surface area contributed by atoms with Crippen LogP contribution in [0.25, 0.3) is 23.1 Å². The second-order valence-electron chi connectivity index (χ2n) is 5.19. The molecule has 2 aromatic carbocycles. The summed E-state index contributed by atoms with van der Waals surface area (Å²) in [5.41, 5.74) is 1.92. The van der Waals surface area contributed by atoms with E-state index in [1.165, 1.54) is 6.07 Å². The van der Waals surface area contributed by atoms with Crippen molar-refractivity contribution >= 4 is 28.7 Å². The third kappa shape index (κ3) is 3.79. The summed E-state index contributed by atoms with van der Waals surface area (Å²) in [4.78, 5) is 15.1. The number of non-ortho nitro benzene ring substituents is 1. The van der Waals surface area contributed by atoms with E-state index in [1.54, 1.807) is 30.3 Å². The van der Waals surface area contributed by atoms with Crippen molar-refractivity contribution in [1.29, 1.82) is 5.26 Å². The molecule has 3 rings (SSSR count). The minimum Gasteiger partial charge on any atom is -0.479 e. The Kier molecular flexibility index (Phi) is 4.67. The van der Waals surface area contributed by atoms with Crippen LogP contribution in [0, 0.1) is 21.4 Å². The number of hydrogen-bond donors (Lipinski definition) is 0. The number of para-hydroxylation sites is 1. The second-order valence-corrected chi connectivity index (χ2v) is 5.19. The number of aromatic nitrogens is 1. The van der Waals surface area contributed by atoms with Crippen molar-refractivity contribution in [2.24, 2.45) is 0 Å². The van der Waals surface area contributed by atoms with Crippen molar-refractivity contribution in [3.63, 3.8) is 0 Å². The van der Waals surface area contributed by atoms with Crippen LogP contribution in [0.15, 0.2) is 54.6 Å². The monoisotopic (exact) mass is 331 g/mol. The quantitative estimate of drug-likeness (QED) is 0.516. The highest BCUT2D eigenvalue weighted by Crippen LogP contribution is 2.24.